The van der Waals surface area contributed by atoms with Crippen LogP contribution in [0.15, 0.2) is 0 Å². The molecule has 0 saturated carbocycles. The molecule has 0 fully saturated rings. The number of rotatable bonds is 15. The molecule has 0 aliphatic rings. The highest BCUT2D eigenvalue weighted by Crippen LogP contribution is 2.23. The van der Waals surface area contributed by atoms with Crippen molar-refractivity contribution in [3.8, 4) is 0 Å². The molecule has 0 amide bonds. The van der Waals surface area contributed by atoms with Gasteiger partial charge in [0.25, 0.3) is 0 Å². The zero-order chi connectivity index (χ0) is 15.1. The van der Waals surface area contributed by atoms with Crippen LogP contribution in [0.25, 0.3) is 0 Å². The lowest BCUT2D eigenvalue weighted by Gasteiger charge is -2.13. The van der Waals surface area contributed by atoms with Crippen molar-refractivity contribution >= 4 is 8.25 Å². The summed E-state index contributed by atoms with van der Waals surface area (Å²) in [7, 11) is -2.43. The van der Waals surface area contributed by atoms with Crippen LogP contribution in [-0.4, -0.2) is 11.5 Å². The van der Waals surface area contributed by atoms with E-state index in [0.29, 0.717) is 12.5 Å². The highest BCUT2D eigenvalue weighted by Gasteiger charge is 2.17. The van der Waals surface area contributed by atoms with Crippen LogP contribution in [0.2, 0.25) is 0 Å². The van der Waals surface area contributed by atoms with Crippen molar-refractivity contribution in [3.05, 3.63) is 0 Å². The van der Waals surface area contributed by atoms with E-state index in [9.17, 15) is 4.57 Å². The third-order valence-corrected chi connectivity index (χ3v) is 4.22. The Kier molecular flexibility index (Phi) is 15.4. The van der Waals surface area contributed by atoms with E-state index in [1.165, 1.54) is 64.2 Å². The normalized spacial score (nSPS) is 13.4. The fourth-order valence-electron chi connectivity index (χ4n) is 2.55. The van der Waals surface area contributed by atoms with Gasteiger partial charge in [-0.25, -0.2) is 0 Å². The Balaban J connectivity index is 3.71. The van der Waals surface area contributed by atoms with Gasteiger partial charge in [-0.05, 0) is 18.8 Å². The molecule has 120 valence electrons. The molecule has 1 N–H and O–H groups in total. The SMILES string of the molecule is CCCCCCCCC(CCCCCC)CO[P+](=O)O. The molecule has 0 bridgehead atoms. The van der Waals surface area contributed by atoms with Crippen LogP contribution in [0.4, 0.5) is 0 Å². The van der Waals surface area contributed by atoms with Gasteiger partial charge >= 0.3 is 8.25 Å². The molecule has 2 atom stereocenters. The number of hydrogen-bond donors (Lipinski definition) is 1. The first kappa shape index (κ1) is 20.0. The van der Waals surface area contributed by atoms with E-state index >= 15 is 0 Å². The predicted octanol–water partition coefficient (Wildman–Crippen LogP) is 5.99. The van der Waals surface area contributed by atoms with Crippen LogP contribution < -0.4 is 0 Å². The second-order valence-corrected chi connectivity index (χ2v) is 6.54. The summed E-state index contributed by atoms with van der Waals surface area (Å²) in [6.45, 7) is 4.90. The second-order valence-electron chi connectivity index (χ2n) is 5.81. The van der Waals surface area contributed by atoms with E-state index in [2.05, 4.69) is 13.8 Å². The van der Waals surface area contributed by atoms with Crippen LogP contribution in [0.5, 0.6) is 0 Å². The Morgan fingerprint density at radius 3 is 1.80 bits per heavy atom. The van der Waals surface area contributed by atoms with Crippen LogP contribution in [0.3, 0.4) is 0 Å². The van der Waals surface area contributed by atoms with E-state index in [-0.39, 0.29) is 0 Å². The van der Waals surface area contributed by atoms with E-state index in [1.807, 2.05) is 0 Å². The molecule has 0 aromatic carbocycles. The first-order chi connectivity index (χ1) is 9.70. The fourth-order valence-corrected chi connectivity index (χ4v) is 2.89. The van der Waals surface area contributed by atoms with E-state index in [0.717, 1.165) is 12.8 Å². The second kappa shape index (κ2) is 15.4. The Bertz CT molecular complexity index is 222. The van der Waals surface area contributed by atoms with Crippen LogP contribution in [-0.2, 0) is 9.09 Å². The lowest BCUT2D eigenvalue weighted by atomic mass is 9.95. The van der Waals surface area contributed by atoms with Crippen molar-refractivity contribution in [3.63, 3.8) is 0 Å². The quantitative estimate of drug-likeness (QED) is 0.298. The molecule has 0 aliphatic heterocycles. The largest absolute Gasteiger partial charge is 0.694 e. The summed E-state index contributed by atoms with van der Waals surface area (Å²) in [5.74, 6) is 0.462. The molecule has 4 heteroatoms. The van der Waals surface area contributed by atoms with Gasteiger partial charge in [-0.1, -0.05) is 78.1 Å². The fraction of sp³-hybridized carbons (Fsp3) is 1.00. The first-order valence-electron chi connectivity index (χ1n) is 8.49. The molecule has 0 heterocycles. The Morgan fingerprint density at radius 2 is 1.30 bits per heavy atom. The van der Waals surface area contributed by atoms with Crippen molar-refractivity contribution in [1.29, 1.82) is 0 Å². The molecule has 0 saturated heterocycles. The van der Waals surface area contributed by atoms with Crippen LogP contribution in [0, 0.1) is 5.92 Å². The van der Waals surface area contributed by atoms with Crippen LogP contribution >= 0.6 is 8.25 Å². The maximum Gasteiger partial charge on any atom is 0.694 e. The highest BCUT2D eigenvalue weighted by molar-refractivity contribution is 7.32. The van der Waals surface area contributed by atoms with E-state index in [1.54, 1.807) is 0 Å². The maximum atomic E-state index is 10.7. The summed E-state index contributed by atoms with van der Waals surface area (Å²) >= 11 is 0. The molecular weight excluding hydrogens is 271 g/mol. The van der Waals surface area contributed by atoms with Crippen LogP contribution in [0.1, 0.15) is 90.9 Å². The monoisotopic (exact) mass is 305 g/mol. The molecule has 0 spiro atoms. The third-order valence-electron chi connectivity index (χ3n) is 3.85. The Labute approximate surface area is 126 Å². The summed E-state index contributed by atoms with van der Waals surface area (Å²) in [5, 5.41) is 0. The summed E-state index contributed by atoms with van der Waals surface area (Å²) in [5.41, 5.74) is 0. The van der Waals surface area contributed by atoms with Gasteiger partial charge in [-0.2, -0.15) is 0 Å². The molecule has 20 heavy (non-hydrogen) atoms. The van der Waals surface area contributed by atoms with Crippen molar-refractivity contribution in [2.75, 3.05) is 6.61 Å². The molecular formula is C16H34O3P+. The van der Waals surface area contributed by atoms with Gasteiger partial charge in [0.15, 0.2) is 0 Å². The first-order valence-corrected chi connectivity index (χ1v) is 9.62. The summed E-state index contributed by atoms with van der Waals surface area (Å²) < 4.78 is 15.6. The van der Waals surface area contributed by atoms with E-state index in [4.69, 9.17) is 9.42 Å². The van der Waals surface area contributed by atoms with Gasteiger partial charge in [-0.15, -0.1) is 9.42 Å². The van der Waals surface area contributed by atoms with Gasteiger partial charge in [0, 0.05) is 4.57 Å². The average Bonchev–Trinajstić information content (AvgIpc) is 2.43. The number of hydrogen-bond acceptors (Lipinski definition) is 2. The van der Waals surface area contributed by atoms with E-state index < -0.39 is 8.25 Å². The maximum absolute atomic E-state index is 10.7. The Morgan fingerprint density at radius 1 is 0.850 bits per heavy atom. The lowest BCUT2D eigenvalue weighted by Crippen LogP contribution is -2.07. The van der Waals surface area contributed by atoms with Gasteiger partial charge in [0.05, 0.1) is 0 Å². The molecule has 0 aromatic heterocycles. The zero-order valence-electron chi connectivity index (χ0n) is 13.5. The van der Waals surface area contributed by atoms with Gasteiger partial charge in [0.2, 0.25) is 0 Å². The van der Waals surface area contributed by atoms with Gasteiger partial charge in [0.1, 0.15) is 6.61 Å². The number of unbranched alkanes of at least 4 members (excludes halogenated alkanes) is 8. The molecule has 0 aliphatic carbocycles. The van der Waals surface area contributed by atoms with Gasteiger partial charge < -0.3 is 0 Å². The highest BCUT2D eigenvalue weighted by atomic mass is 31.1. The summed E-state index contributed by atoms with van der Waals surface area (Å²) in [6, 6.07) is 0. The smallest absolute Gasteiger partial charge is 0.133 e. The van der Waals surface area contributed by atoms with Gasteiger partial charge in [-0.3, -0.25) is 0 Å². The molecule has 3 nitrogen and oxygen atoms in total. The molecule has 2 unspecified atom stereocenters. The van der Waals surface area contributed by atoms with Crippen molar-refractivity contribution in [2.45, 2.75) is 90.9 Å². The summed E-state index contributed by atoms with van der Waals surface area (Å²) in [6.07, 6.45) is 15.1. The average molecular weight is 305 g/mol. The zero-order valence-corrected chi connectivity index (χ0v) is 14.4. The molecule has 0 radical (unpaired) electrons. The molecule has 0 rings (SSSR count). The lowest BCUT2D eigenvalue weighted by molar-refractivity contribution is 0.211. The van der Waals surface area contributed by atoms with Crippen molar-refractivity contribution < 1.29 is 14.0 Å². The predicted molar refractivity (Wildman–Crippen MR) is 86.0 cm³/mol. The summed E-state index contributed by atoms with van der Waals surface area (Å²) in [4.78, 5) is 8.77. The topological polar surface area (TPSA) is 46.5 Å². The molecule has 0 aromatic rings. The van der Waals surface area contributed by atoms with Crippen molar-refractivity contribution in [2.24, 2.45) is 5.92 Å². The minimum absolute atomic E-state index is 0.451. The van der Waals surface area contributed by atoms with Crippen molar-refractivity contribution in [1.82, 2.24) is 0 Å². The minimum atomic E-state index is -2.43. The standard InChI is InChI=1S/C16H33O3P/c1-3-5-7-9-10-12-14-16(15-19-20(17)18)13-11-8-6-4-2/h16H,3-15H2,1-2H3/p+1. The Hall–Kier alpha value is 0.0200. The third kappa shape index (κ3) is 14.4. The minimum Gasteiger partial charge on any atom is -0.133 e.